The van der Waals surface area contributed by atoms with Crippen molar-refractivity contribution in [3.63, 3.8) is 0 Å². The molecule has 0 spiro atoms. The highest BCUT2D eigenvalue weighted by Gasteiger charge is 2.29. The Kier molecular flexibility index (Phi) is 7.19. The molecule has 2 aromatic heterocycles. The van der Waals surface area contributed by atoms with Crippen LogP contribution in [0.4, 0.5) is 22.0 Å². The van der Waals surface area contributed by atoms with Crippen LogP contribution in [0.2, 0.25) is 0 Å². The normalized spacial score (nSPS) is 11.5. The molecular formula is C19H16F5N2O4P. The zero-order chi connectivity index (χ0) is 22.7. The van der Waals surface area contributed by atoms with E-state index in [0.29, 0.717) is 24.9 Å². The van der Waals surface area contributed by atoms with E-state index in [-0.39, 0.29) is 0 Å². The summed E-state index contributed by atoms with van der Waals surface area (Å²) in [7, 11) is -1.15. The lowest BCUT2D eigenvalue weighted by atomic mass is 10.2. The molecule has 0 aliphatic rings. The molecule has 6 nitrogen and oxygen atoms in total. The molecule has 0 fully saturated rings. The summed E-state index contributed by atoms with van der Waals surface area (Å²) in [6.07, 6.45) is 2.01. The fraction of sp³-hybridized carbons (Fsp3) is 0.263. The van der Waals surface area contributed by atoms with E-state index in [4.69, 9.17) is 9.05 Å². The molecule has 3 aromatic rings. The van der Waals surface area contributed by atoms with E-state index in [2.05, 4.69) is 9.84 Å². The third-order valence-corrected chi connectivity index (χ3v) is 5.67. The first-order chi connectivity index (χ1) is 14.8. The molecule has 0 saturated carbocycles. The molecule has 0 radical (unpaired) electrons. The van der Waals surface area contributed by atoms with E-state index in [9.17, 15) is 26.7 Å². The van der Waals surface area contributed by atoms with Gasteiger partial charge in [0.05, 0.1) is 18.7 Å². The van der Waals surface area contributed by atoms with Gasteiger partial charge in [-0.25, -0.2) is 22.5 Å². The van der Waals surface area contributed by atoms with Crippen LogP contribution < -0.4 is 4.74 Å². The monoisotopic (exact) mass is 462 g/mol. The van der Waals surface area contributed by atoms with Crippen LogP contribution in [0.3, 0.4) is 0 Å². The molecule has 31 heavy (non-hydrogen) atoms. The molecule has 0 aliphatic carbocycles. The Bertz CT molecular complexity index is 1090. The van der Waals surface area contributed by atoms with Crippen LogP contribution in [0.5, 0.6) is 5.75 Å². The van der Waals surface area contributed by atoms with Crippen LogP contribution in [0.25, 0.3) is 5.52 Å². The van der Waals surface area contributed by atoms with Gasteiger partial charge in [-0.2, -0.15) is 13.9 Å². The molecule has 3 rings (SSSR count). The molecule has 2 heterocycles. The average molecular weight is 462 g/mol. The second-order valence-corrected chi connectivity index (χ2v) is 7.55. The molecule has 0 N–H and O–H groups in total. The van der Waals surface area contributed by atoms with Crippen LogP contribution in [0.1, 0.15) is 29.9 Å². The molecule has 0 aliphatic heterocycles. The molecule has 0 bridgehead atoms. The maximum atomic E-state index is 13.7. The topological polar surface area (TPSA) is 62.1 Å². The number of aromatic nitrogens is 2. The number of halogens is 5. The summed E-state index contributed by atoms with van der Waals surface area (Å²) in [5.74, 6) is -14.4. The van der Waals surface area contributed by atoms with Gasteiger partial charge in [-0.05, 0) is 37.6 Å². The number of rotatable bonds is 8. The predicted octanol–water partition coefficient (Wildman–Crippen LogP) is 5.13. The van der Waals surface area contributed by atoms with E-state index >= 15 is 0 Å². The van der Waals surface area contributed by atoms with Crippen molar-refractivity contribution in [2.75, 3.05) is 13.2 Å². The van der Waals surface area contributed by atoms with Crippen molar-refractivity contribution in [3.05, 3.63) is 64.7 Å². The van der Waals surface area contributed by atoms with Crippen LogP contribution in [-0.4, -0.2) is 28.8 Å². The fourth-order valence-corrected chi connectivity index (χ4v) is 3.95. The van der Waals surface area contributed by atoms with Gasteiger partial charge in [0.2, 0.25) is 34.8 Å². The van der Waals surface area contributed by atoms with Gasteiger partial charge in [-0.15, -0.1) is 0 Å². The number of benzene rings is 1. The smallest absolute Gasteiger partial charge is 0.364 e. The second kappa shape index (κ2) is 9.67. The second-order valence-electron chi connectivity index (χ2n) is 6.05. The molecule has 12 heteroatoms. The summed E-state index contributed by atoms with van der Waals surface area (Å²) in [5, 5.41) is 3.90. The van der Waals surface area contributed by atoms with Crippen molar-refractivity contribution in [3.8, 4) is 5.75 Å². The van der Waals surface area contributed by atoms with E-state index in [0.717, 1.165) is 5.56 Å². The largest absolute Gasteiger partial charge is 0.415 e. The Balaban J connectivity index is 1.85. The van der Waals surface area contributed by atoms with Gasteiger partial charge < -0.3 is 13.8 Å². The van der Waals surface area contributed by atoms with Crippen LogP contribution in [-0.2, 0) is 15.2 Å². The number of fused-ring (bicyclic) bond motifs is 1. The number of carbonyl (C=O) groups excluding carboxylic acids is 1. The minimum absolute atomic E-state index is 0.391. The van der Waals surface area contributed by atoms with Crippen LogP contribution in [0, 0.1) is 29.1 Å². The van der Waals surface area contributed by atoms with E-state index in [1.807, 2.05) is 13.8 Å². The first-order valence-corrected chi connectivity index (χ1v) is 10.4. The van der Waals surface area contributed by atoms with Crippen LogP contribution >= 0.6 is 8.38 Å². The molecule has 0 atom stereocenters. The van der Waals surface area contributed by atoms with Crippen LogP contribution in [0.15, 0.2) is 24.4 Å². The van der Waals surface area contributed by atoms with Gasteiger partial charge in [0.1, 0.15) is 0 Å². The fourth-order valence-electron chi connectivity index (χ4n) is 2.62. The van der Waals surface area contributed by atoms with Gasteiger partial charge >= 0.3 is 5.97 Å². The van der Waals surface area contributed by atoms with E-state index in [1.54, 1.807) is 12.1 Å². The standard InChI is InChI=1S/C19H16F5N2O4P/c1-3-28-31(29-4-2)9-10-5-6-26-11(7-10)8-12(25-26)19(27)30-18-16(23)14(21)13(20)15(22)17(18)24/h5-8H,3-4,9H2,1-2H3. The number of hydrogen-bond donors (Lipinski definition) is 0. The Morgan fingerprint density at radius 2 is 1.55 bits per heavy atom. The van der Waals surface area contributed by atoms with Crippen molar-refractivity contribution >= 4 is 19.9 Å². The lowest BCUT2D eigenvalue weighted by Crippen LogP contribution is -2.14. The van der Waals surface area contributed by atoms with Gasteiger partial charge in [0.25, 0.3) is 0 Å². The summed E-state index contributed by atoms with van der Waals surface area (Å²) in [6, 6.07) is 4.66. The zero-order valence-electron chi connectivity index (χ0n) is 16.3. The number of ether oxygens (including phenoxy) is 1. The number of pyridine rings is 1. The number of esters is 1. The third kappa shape index (κ3) is 4.84. The summed E-state index contributed by atoms with van der Waals surface area (Å²) >= 11 is 0. The maximum Gasteiger partial charge on any atom is 0.364 e. The number of nitrogens with zero attached hydrogens (tertiary/aromatic N) is 2. The van der Waals surface area contributed by atoms with Gasteiger partial charge in [-0.3, -0.25) is 0 Å². The molecule has 0 amide bonds. The highest BCUT2D eigenvalue weighted by Crippen LogP contribution is 2.42. The summed E-state index contributed by atoms with van der Waals surface area (Å²) in [6.45, 7) is 4.65. The zero-order valence-corrected chi connectivity index (χ0v) is 17.2. The Morgan fingerprint density at radius 1 is 0.968 bits per heavy atom. The Hall–Kier alpha value is -2.62. The van der Waals surface area contributed by atoms with Crippen molar-refractivity contribution in [2.45, 2.75) is 20.0 Å². The summed E-state index contributed by atoms with van der Waals surface area (Å²) < 4.78 is 84.0. The lowest BCUT2D eigenvalue weighted by molar-refractivity contribution is 0.0709. The van der Waals surface area contributed by atoms with Gasteiger partial charge in [0.15, 0.2) is 14.1 Å². The van der Waals surface area contributed by atoms with Gasteiger partial charge in [-0.1, -0.05) is 0 Å². The summed E-state index contributed by atoms with van der Waals surface area (Å²) in [4.78, 5) is 12.2. The molecule has 1 aromatic carbocycles. The van der Waals surface area contributed by atoms with E-state index in [1.165, 1.54) is 16.8 Å². The van der Waals surface area contributed by atoms with Crippen molar-refractivity contribution in [2.24, 2.45) is 0 Å². The Labute approximate surface area is 174 Å². The van der Waals surface area contributed by atoms with Crippen molar-refractivity contribution in [1.29, 1.82) is 0 Å². The Morgan fingerprint density at radius 3 is 2.13 bits per heavy atom. The molecule has 0 unspecified atom stereocenters. The quantitative estimate of drug-likeness (QED) is 0.116. The van der Waals surface area contributed by atoms with Crippen molar-refractivity contribution < 1.29 is 40.5 Å². The first-order valence-electron chi connectivity index (χ1n) is 9.02. The molecular weight excluding hydrogens is 446 g/mol. The highest BCUT2D eigenvalue weighted by atomic mass is 31.2. The number of carbonyl (C=O) groups is 1. The molecule has 166 valence electrons. The van der Waals surface area contributed by atoms with Gasteiger partial charge in [0, 0.05) is 12.4 Å². The third-order valence-electron chi connectivity index (χ3n) is 3.96. The molecule has 0 saturated heterocycles. The maximum absolute atomic E-state index is 13.7. The lowest BCUT2D eigenvalue weighted by Gasteiger charge is -2.15. The van der Waals surface area contributed by atoms with Crippen molar-refractivity contribution in [1.82, 2.24) is 9.61 Å². The predicted molar refractivity (Wildman–Crippen MR) is 100 cm³/mol. The number of hydrogen-bond acceptors (Lipinski definition) is 5. The first kappa shape index (κ1) is 23.1. The highest BCUT2D eigenvalue weighted by molar-refractivity contribution is 7.46. The summed E-state index contributed by atoms with van der Waals surface area (Å²) in [5.41, 5.74) is 0.864. The minimum atomic E-state index is -2.35. The minimum Gasteiger partial charge on any atom is -0.415 e. The average Bonchev–Trinajstić information content (AvgIpc) is 3.18. The SMILES string of the molecule is CCOP(Cc1ccn2nc(C(=O)Oc3c(F)c(F)c(F)c(F)c3F)cc2c1)OCC. The van der Waals surface area contributed by atoms with E-state index < -0.39 is 54.9 Å².